The molecule has 2 aromatic carbocycles. The average Bonchev–Trinajstić information content (AvgIpc) is 3.10. The van der Waals surface area contributed by atoms with Crippen LogP contribution in [0.5, 0.6) is 0 Å². The van der Waals surface area contributed by atoms with E-state index >= 15 is 0 Å². The standard InChI is InChI=1S/C20H22N4O2S/c1-13(19-22-16-6-4-5-7-17(16)23-19)27-12-18(25)21-15-10-8-14(9-11-15)20(26)24(2)3/h4-11,13H,12H2,1-3H3,(H,21,25)(H,22,23). The number of aromatic amines is 1. The summed E-state index contributed by atoms with van der Waals surface area (Å²) in [5.74, 6) is 1.02. The van der Waals surface area contributed by atoms with E-state index in [-0.39, 0.29) is 17.1 Å². The summed E-state index contributed by atoms with van der Waals surface area (Å²) in [6.45, 7) is 2.03. The molecule has 27 heavy (non-hydrogen) atoms. The Morgan fingerprint density at radius 1 is 1.15 bits per heavy atom. The summed E-state index contributed by atoms with van der Waals surface area (Å²) in [5, 5.41) is 2.93. The van der Waals surface area contributed by atoms with Gasteiger partial charge in [-0.05, 0) is 43.3 Å². The van der Waals surface area contributed by atoms with Gasteiger partial charge in [0.05, 0.1) is 22.0 Å². The zero-order valence-corrected chi connectivity index (χ0v) is 16.3. The average molecular weight is 382 g/mol. The van der Waals surface area contributed by atoms with Gasteiger partial charge in [-0.2, -0.15) is 0 Å². The lowest BCUT2D eigenvalue weighted by molar-refractivity contribution is -0.113. The first-order valence-electron chi connectivity index (χ1n) is 8.62. The third-order valence-corrected chi connectivity index (χ3v) is 5.23. The number of fused-ring (bicyclic) bond motifs is 1. The number of carbonyl (C=O) groups excluding carboxylic acids is 2. The molecule has 0 fully saturated rings. The number of imidazole rings is 1. The minimum absolute atomic E-state index is 0.0666. The Morgan fingerprint density at radius 3 is 2.52 bits per heavy atom. The third-order valence-electron chi connectivity index (χ3n) is 4.08. The molecule has 6 nitrogen and oxygen atoms in total. The second-order valence-electron chi connectivity index (χ2n) is 6.42. The van der Waals surface area contributed by atoms with Gasteiger partial charge in [0.25, 0.3) is 5.91 Å². The quantitative estimate of drug-likeness (QED) is 0.681. The predicted octanol–water partition coefficient (Wildman–Crippen LogP) is 3.70. The minimum atomic E-state index is -0.0883. The first-order chi connectivity index (χ1) is 12.9. The van der Waals surface area contributed by atoms with Gasteiger partial charge in [0.1, 0.15) is 5.82 Å². The van der Waals surface area contributed by atoms with Crippen LogP contribution in [0.25, 0.3) is 11.0 Å². The number of nitrogens with zero attached hydrogens (tertiary/aromatic N) is 2. The number of thioether (sulfide) groups is 1. The summed E-state index contributed by atoms with van der Waals surface area (Å²) >= 11 is 1.52. The molecule has 2 amide bonds. The number of nitrogens with one attached hydrogen (secondary N) is 2. The van der Waals surface area contributed by atoms with Crippen molar-refractivity contribution in [2.24, 2.45) is 0 Å². The van der Waals surface area contributed by atoms with Crippen molar-refractivity contribution in [1.29, 1.82) is 0 Å². The largest absolute Gasteiger partial charge is 0.345 e. The summed E-state index contributed by atoms with van der Waals surface area (Å²) in [6, 6.07) is 14.8. The van der Waals surface area contributed by atoms with Crippen LogP contribution >= 0.6 is 11.8 Å². The molecule has 0 aliphatic rings. The summed E-state index contributed by atoms with van der Waals surface area (Å²) in [6.07, 6.45) is 0. The maximum Gasteiger partial charge on any atom is 0.253 e. The number of benzene rings is 2. The Labute approximate surface area is 162 Å². The Balaban J connectivity index is 1.54. The minimum Gasteiger partial charge on any atom is -0.345 e. The first kappa shape index (κ1) is 19.0. The molecular weight excluding hydrogens is 360 g/mol. The molecule has 140 valence electrons. The lowest BCUT2D eigenvalue weighted by atomic mass is 10.2. The number of aromatic nitrogens is 2. The molecular formula is C20H22N4O2S. The maximum atomic E-state index is 12.2. The van der Waals surface area contributed by atoms with Crippen molar-refractivity contribution >= 4 is 40.3 Å². The van der Waals surface area contributed by atoms with Gasteiger partial charge in [-0.3, -0.25) is 9.59 Å². The van der Waals surface area contributed by atoms with E-state index in [4.69, 9.17) is 0 Å². The number of anilines is 1. The van der Waals surface area contributed by atoms with Crippen LogP contribution in [-0.4, -0.2) is 46.5 Å². The van der Waals surface area contributed by atoms with E-state index in [1.807, 2.05) is 31.2 Å². The van der Waals surface area contributed by atoms with E-state index in [2.05, 4.69) is 15.3 Å². The smallest absolute Gasteiger partial charge is 0.253 e. The van der Waals surface area contributed by atoms with Crippen LogP contribution in [0.4, 0.5) is 5.69 Å². The van der Waals surface area contributed by atoms with Crippen molar-refractivity contribution in [3.05, 3.63) is 59.9 Å². The van der Waals surface area contributed by atoms with Crippen LogP contribution in [0.3, 0.4) is 0 Å². The Morgan fingerprint density at radius 2 is 1.85 bits per heavy atom. The summed E-state index contributed by atoms with van der Waals surface area (Å²) < 4.78 is 0. The van der Waals surface area contributed by atoms with Gasteiger partial charge in [-0.1, -0.05) is 12.1 Å². The van der Waals surface area contributed by atoms with Crippen LogP contribution in [0, 0.1) is 0 Å². The van der Waals surface area contributed by atoms with Crippen LogP contribution in [-0.2, 0) is 4.79 Å². The topological polar surface area (TPSA) is 78.1 Å². The molecule has 0 saturated carbocycles. The Bertz CT molecular complexity index is 917. The fourth-order valence-corrected chi connectivity index (χ4v) is 3.34. The number of rotatable bonds is 6. The van der Waals surface area contributed by atoms with Gasteiger partial charge in [0.15, 0.2) is 0 Å². The van der Waals surface area contributed by atoms with Crippen molar-refractivity contribution in [1.82, 2.24) is 14.9 Å². The van der Waals surface area contributed by atoms with Gasteiger partial charge < -0.3 is 15.2 Å². The van der Waals surface area contributed by atoms with Gasteiger partial charge in [0.2, 0.25) is 5.91 Å². The van der Waals surface area contributed by atoms with Gasteiger partial charge >= 0.3 is 0 Å². The molecule has 1 aromatic heterocycles. The number of H-pyrrole nitrogens is 1. The second kappa shape index (κ2) is 8.26. The molecule has 0 bridgehead atoms. The van der Waals surface area contributed by atoms with E-state index < -0.39 is 0 Å². The first-order valence-corrected chi connectivity index (χ1v) is 9.66. The highest BCUT2D eigenvalue weighted by atomic mass is 32.2. The monoisotopic (exact) mass is 382 g/mol. The third kappa shape index (κ3) is 4.68. The molecule has 0 aliphatic heterocycles. The highest BCUT2D eigenvalue weighted by Gasteiger charge is 2.14. The normalized spacial score (nSPS) is 12.0. The molecule has 3 aromatic rings. The SMILES string of the molecule is CC(SCC(=O)Nc1ccc(C(=O)N(C)C)cc1)c1nc2ccccc2[nH]1. The molecule has 1 atom stereocenters. The van der Waals surface area contributed by atoms with E-state index in [9.17, 15) is 9.59 Å². The van der Waals surface area contributed by atoms with Crippen LogP contribution in [0.2, 0.25) is 0 Å². The highest BCUT2D eigenvalue weighted by Crippen LogP contribution is 2.27. The summed E-state index contributed by atoms with van der Waals surface area (Å²) in [4.78, 5) is 33.5. The molecule has 0 spiro atoms. The highest BCUT2D eigenvalue weighted by molar-refractivity contribution is 8.00. The molecule has 7 heteroatoms. The second-order valence-corrected chi connectivity index (χ2v) is 7.75. The summed E-state index contributed by atoms with van der Waals surface area (Å²) in [7, 11) is 3.41. The van der Waals surface area contributed by atoms with Crippen molar-refractivity contribution in [2.45, 2.75) is 12.2 Å². The van der Waals surface area contributed by atoms with E-state index in [1.165, 1.54) is 16.7 Å². The van der Waals surface area contributed by atoms with E-state index in [1.54, 1.807) is 38.4 Å². The lowest BCUT2D eigenvalue weighted by Gasteiger charge is -2.11. The summed E-state index contributed by atoms with van der Waals surface area (Å²) in [5.41, 5.74) is 3.19. The Hall–Kier alpha value is -2.80. The van der Waals surface area contributed by atoms with Gasteiger partial charge in [-0.15, -0.1) is 11.8 Å². The van der Waals surface area contributed by atoms with E-state index in [0.717, 1.165) is 16.9 Å². The lowest BCUT2D eigenvalue weighted by Crippen LogP contribution is -2.21. The molecule has 3 rings (SSSR count). The predicted molar refractivity (Wildman–Crippen MR) is 110 cm³/mol. The fourth-order valence-electron chi connectivity index (χ4n) is 2.60. The van der Waals surface area contributed by atoms with Crippen molar-refractivity contribution in [3.63, 3.8) is 0 Å². The van der Waals surface area contributed by atoms with Gasteiger partial charge in [0, 0.05) is 25.3 Å². The number of carbonyl (C=O) groups is 2. The van der Waals surface area contributed by atoms with Crippen molar-refractivity contribution in [3.8, 4) is 0 Å². The zero-order chi connectivity index (χ0) is 19.4. The molecule has 1 heterocycles. The molecule has 2 N–H and O–H groups in total. The van der Waals surface area contributed by atoms with E-state index in [0.29, 0.717) is 17.0 Å². The van der Waals surface area contributed by atoms with Crippen LogP contribution < -0.4 is 5.32 Å². The zero-order valence-electron chi connectivity index (χ0n) is 15.5. The molecule has 0 aliphatic carbocycles. The van der Waals surface area contributed by atoms with Crippen LogP contribution in [0.1, 0.15) is 28.4 Å². The van der Waals surface area contributed by atoms with Gasteiger partial charge in [-0.25, -0.2) is 4.98 Å². The number of para-hydroxylation sites is 2. The van der Waals surface area contributed by atoms with Crippen molar-refractivity contribution in [2.75, 3.05) is 25.2 Å². The fraction of sp³-hybridized carbons (Fsp3) is 0.250. The molecule has 0 saturated heterocycles. The van der Waals surface area contributed by atoms with Crippen LogP contribution in [0.15, 0.2) is 48.5 Å². The van der Waals surface area contributed by atoms with Crippen molar-refractivity contribution < 1.29 is 9.59 Å². The number of hydrogen-bond acceptors (Lipinski definition) is 4. The number of amides is 2. The number of hydrogen-bond donors (Lipinski definition) is 2. The molecule has 1 unspecified atom stereocenters. The maximum absolute atomic E-state index is 12.2. The Kier molecular flexibility index (Phi) is 5.81. The molecule has 0 radical (unpaired) electrons.